The maximum absolute atomic E-state index is 11.8. The van der Waals surface area contributed by atoms with Crippen LogP contribution in [-0.4, -0.2) is 17.7 Å². The largest absolute Gasteiger partial charge is 0.466 e. The summed E-state index contributed by atoms with van der Waals surface area (Å²) in [5, 5.41) is 19.9. The van der Waals surface area contributed by atoms with Crippen molar-refractivity contribution >= 4 is 17.4 Å². The third-order valence-corrected chi connectivity index (χ3v) is 3.98. The standard InChI is InChI=1S/C15H20N2O3S/c1-10-6-13(11(2)20-10)15(3,19)9-17-14(18)16-7-12-4-5-21-8-12/h4-6,8,19H,7,9H2,1-3H3,(H2,16,17,18). The van der Waals surface area contributed by atoms with E-state index in [0.29, 0.717) is 17.9 Å². The topological polar surface area (TPSA) is 74.5 Å². The molecule has 2 amide bonds. The van der Waals surface area contributed by atoms with E-state index in [2.05, 4.69) is 10.6 Å². The SMILES string of the molecule is Cc1cc(C(C)(O)CNC(=O)NCc2ccsc2)c(C)o1. The Morgan fingerprint density at radius 3 is 2.76 bits per heavy atom. The molecule has 3 N–H and O–H groups in total. The molecule has 2 heterocycles. The molecule has 0 aliphatic rings. The minimum Gasteiger partial charge on any atom is -0.466 e. The molecule has 6 heteroatoms. The maximum Gasteiger partial charge on any atom is 0.315 e. The molecule has 0 fully saturated rings. The molecular formula is C15H20N2O3S. The van der Waals surface area contributed by atoms with Gasteiger partial charge in [0.05, 0.1) is 6.54 Å². The van der Waals surface area contributed by atoms with Crippen molar-refractivity contribution < 1.29 is 14.3 Å². The van der Waals surface area contributed by atoms with E-state index in [0.717, 1.165) is 11.3 Å². The lowest BCUT2D eigenvalue weighted by Crippen LogP contribution is -2.43. The highest BCUT2D eigenvalue weighted by Crippen LogP contribution is 2.26. The zero-order valence-corrected chi connectivity index (χ0v) is 13.2. The number of rotatable bonds is 5. The second-order valence-electron chi connectivity index (χ2n) is 5.27. The number of carbonyl (C=O) groups is 1. The molecule has 5 nitrogen and oxygen atoms in total. The number of amides is 2. The maximum atomic E-state index is 11.8. The average molecular weight is 308 g/mol. The molecule has 21 heavy (non-hydrogen) atoms. The number of aliphatic hydroxyl groups is 1. The van der Waals surface area contributed by atoms with Crippen LogP contribution in [0.1, 0.15) is 29.6 Å². The number of urea groups is 1. The molecule has 2 aromatic rings. The first-order chi connectivity index (χ1) is 9.88. The summed E-state index contributed by atoms with van der Waals surface area (Å²) < 4.78 is 5.42. The lowest BCUT2D eigenvalue weighted by atomic mass is 9.96. The summed E-state index contributed by atoms with van der Waals surface area (Å²) in [5.74, 6) is 1.41. The van der Waals surface area contributed by atoms with Crippen LogP contribution in [0.25, 0.3) is 0 Å². The van der Waals surface area contributed by atoms with Crippen LogP contribution in [0.15, 0.2) is 27.3 Å². The Labute approximate surface area is 128 Å². The normalized spacial score (nSPS) is 13.7. The van der Waals surface area contributed by atoms with Crippen LogP contribution >= 0.6 is 11.3 Å². The first kappa shape index (κ1) is 15.6. The summed E-state index contributed by atoms with van der Waals surface area (Å²) in [6.07, 6.45) is 0. The summed E-state index contributed by atoms with van der Waals surface area (Å²) >= 11 is 1.59. The Balaban J connectivity index is 1.86. The molecule has 0 saturated carbocycles. The van der Waals surface area contributed by atoms with Crippen LogP contribution < -0.4 is 10.6 Å². The Morgan fingerprint density at radius 2 is 2.19 bits per heavy atom. The van der Waals surface area contributed by atoms with E-state index in [9.17, 15) is 9.90 Å². The fourth-order valence-corrected chi connectivity index (χ4v) is 2.82. The van der Waals surface area contributed by atoms with Gasteiger partial charge in [-0.2, -0.15) is 11.3 Å². The summed E-state index contributed by atoms with van der Waals surface area (Å²) in [6, 6.07) is 3.44. The van der Waals surface area contributed by atoms with Crippen LogP contribution in [0.2, 0.25) is 0 Å². The van der Waals surface area contributed by atoms with Crippen LogP contribution in [0, 0.1) is 13.8 Å². The fourth-order valence-electron chi connectivity index (χ4n) is 2.15. The van der Waals surface area contributed by atoms with Gasteiger partial charge in [0.15, 0.2) is 0 Å². The van der Waals surface area contributed by atoms with E-state index in [1.54, 1.807) is 31.3 Å². The predicted molar refractivity (Wildman–Crippen MR) is 82.3 cm³/mol. The van der Waals surface area contributed by atoms with Crippen molar-refractivity contribution in [1.29, 1.82) is 0 Å². The summed E-state index contributed by atoms with van der Waals surface area (Å²) in [4.78, 5) is 11.8. The zero-order valence-electron chi connectivity index (χ0n) is 12.4. The highest BCUT2D eigenvalue weighted by molar-refractivity contribution is 7.07. The number of thiophene rings is 1. The van der Waals surface area contributed by atoms with Gasteiger partial charge in [0.25, 0.3) is 0 Å². The van der Waals surface area contributed by atoms with Gasteiger partial charge in [-0.15, -0.1) is 0 Å². The summed E-state index contributed by atoms with van der Waals surface area (Å²) in [5.41, 5.74) is 0.586. The van der Waals surface area contributed by atoms with E-state index in [1.165, 1.54) is 0 Å². The van der Waals surface area contributed by atoms with E-state index >= 15 is 0 Å². The number of aryl methyl sites for hydroxylation is 2. The Bertz CT molecular complexity index is 602. The van der Waals surface area contributed by atoms with E-state index in [-0.39, 0.29) is 12.6 Å². The van der Waals surface area contributed by atoms with Crippen LogP contribution in [-0.2, 0) is 12.1 Å². The molecule has 0 spiro atoms. The smallest absolute Gasteiger partial charge is 0.315 e. The molecular weight excluding hydrogens is 288 g/mol. The van der Waals surface area contributed by atoms with Gasteiger partial charge in [-0.1, -0.05) is 0 Å². The van der Waals surface area contributed by atoms with Gasteiger partial charge in [-0.3, -0.25) is 0 Å². The zero-order chi connectivity index (χ0) is 15.5. The van der Waals surface area contributed by atoms with Crippen LogP contribution in [0.5, 0.6) is 0 Å². The van der Waals surface area contributed by atoms with Gasteiger partial charge >= 0.3 is 6.03 Å². The number of carbonyl (C=O) groups excluding carboxylic acids is 1. The quantitative estimate of drug-likeness (QED) is 0.795. The van der Waals surface area contributed by atoms with Gasteiger partial charge in [0, 0.05) is 12.1 Å². The average Bonchev–Trinajstić information content (AvgIpc) is 3.04. The van der Waals surface area contributed by atoms with Crippen molar-refractivity contribution in [2.45, 2.75) is 32.9 Å². The van der Waals surface area contributed by atoms with Crippen molar-refractivity contribution in [1.82, 2.24) is 10.6 Å². The van der Waals surface area contributed by atoms with E-state index in [4.69, 9.17) is 4.42 Å². The van der Waals surface area contributed by atoms with Crippen molar-refractivity contribution in [3.05, 3.63) is 45.5 Å². The van der Waals surface area contributed by atoms with Gasteiger partial charge in [-0.05, 0) is 49.2 Å². The summed E-state index contributed by atoms with van der Waals surface area (Å²) in [6.45, 7) is 5.87. The van der Waals surface area contributed by atoms with Crippen molar-refractivity contribution in [2.75, 3.05) is 6.54 Å². The molecule has 2 aromatic heterocycles. The van der Waals surface area contributed by atoms with Crippen LogP contribution in [0.4, 0.5) is 4.79 Å². The first-order valence-electron chi connectivity index (χ1n) is 6.71. The highest BCUT2D eigenvalue weighted by Gasteiger charge is 2.28. The van der Waals surface area contributed by atoms with Gasteiger partial charge in [0.1, 0.15) is 17.1 Å². The fraction of sp³-hybridized carbons (Fsp3) is 0.400. The molecule has 0 aromatic carbocycles. The number of nitrogens with one attached hydrogen (secondary N) is 2. The minimum absolute atomic E-state index is 0.113. The van der Waals surface area contributed by atoms with Crippen molar-refractivity contribution in [3.63, 3.8) is 0 Å². The lowest BCUT2D eigenvalue weighted by molar-refractivity contribution is 0.0579. The second-order valence-corrected chi connectivity index (χ2v) is 6.05. The van der Waals surface area contributed by atoms with Crippen molar-refractivity contribution in [3.8, 4) is 0 Å². The number of hydrogen-bond acceptors (Lipinski definition) is 4. The number of furan rings is 1. The molecule has 114 valence electrons. The molecule has 0 aliphatic carbocycles. The highest BCUT2D eigenvalue weighted by atomic mass is 32.1. The third-order valence-electron chi connectivity index (χ3n) is 3.25. The Morgan fingerprint density at radius 1 is 1.43 bits per heavy atom. The number of hydrogen-bond donors (Lipinski definition) is 3. The Hall–Kier alpha value is -1.79. The molecule has 1 atom stereocenters. The van der Waals surface area contributed by atoms with E-state index < -0.39 is 5.60 Å². The molecule has 2 rings (SSSR count). The molecule has 0 saturated heterocycles. The van der Waals surface area contributed by atoms with Gasteiger partial charge in [0.2, 0.25) is 0 Å². The van der Waals surface area contributed by atoms with Crippen LogP contribution in [0.3, 0.4) is 0 Å². The summed E-state index contributed by atoms with van der Waals surface area (Å²) in [7, 11) is 0. The third kappa shape index (κ3) is 4.09. The van der Waals surface area contributed by atoms with Gasteiger partial charge < -0.3 is 20.2 Å². The second kappa shape index (κ2) is 6.32. The lowest BCUT2D eigenvalue weighted by Gasteiger charge is -2.23. The molecule has 0 radical (unpaired) electrons. The molecule has 0 aliphatic heterocycles. The molecule has 1 unspecified atom stereocenters. The minimum atomic E-state index is -1.17. The van der Waals surface area contributed by atoms with E-state index in [1.807, 2.05) is 23.8 Å². The predicted octanol–water partition coefficient (Wildman–Crippen LogP) is 2.66. The Kier molecular flexibility index (Phi) is 4.69. The van der Waals surface area contributed by atoms with Gasteiger partial charge in [-0.25, -0.2) is 4.79 Å². The van der Waals surface area contributed by atoms with Crippen molar-refractivity contribution in [2.24, 2.45) is 0 Å². The first-order valence-corrected chi connectivity index (χ1v) is 7.65. The monoisotopic (exact) mass is 308 g/mol. The molecule has 0 bridgehead atoms.